The van der Waals surface area contributed by atoms with Gasteiger partial charge in [-0.05, 0) is 44.9 Å². The number of carbonyl (C=O) groups excluding carboxylic acids is 2. The molecule has 1 aliphatic heterocycles. The first-order valence-corrected chi connectivity index (χ1v) is 40.6. The monoisotopic (exact) mass is 1300 g/mol. The predicted molar refractivity (Wildman–Crippen MR) is 389 cm³/mol. The van der Waals surface area contributed by atoms with Crippen LogP contribution in [0.15, 0.2) is 24.3 Å². The Morgan fingerprint density at radius 1 is 0.391 bits per heavy atom. The van der Waals surface area contributed by atoms with E-state index in [1.165, 1.54) is 340 Å². The Hall–Kier alpha value is -1.86. The van der Waals surface area contributed by atoms with Crippen LogP contribution in [0.4, 0.5) is 0 Å². The number of carbonyl (C=O) groups is 2. The predicted octanol–water partition coefficient (Wildman–Crippen LogP) is 21.9. The highest BCUT2D eigenvalue weighted by atomic mass is 16.7. The number of amides is 1. The van der Waals surface area contributed by atoms with Gasteiger partial charge in [-0.3, -0.25) is 9.59 Å². The number of hydrogen-bond donors (Lipinski definition) is 6. The summed E-state index contributed by atoms with van der Waals surface area (Å²) in [6, 6.07) is -0.822. The van der Waals surface area contributed by atoms with Crippen molar-refractivity contribution in [2.24, 2.45) is 0 Å². The van der Waals surface area contributed by atoms with Crippen molar-refractivity contribution in [2.75, 3.05) is 19.8 Å². The van der Waals surface area contributed by atoms with E-state index in [1.807, 2.05) is 6.08 Å². The van der Waals surface area contributed by atoms with Crippen LogP contribution < -0.4 is 5.32 Å². The van der Waals surface area contributed by atoms with Crippen molar-refractivity contribution in [3.8, 4) is 0 Å². The van der Waals surface area contributed by atoms with Gasteiger partial charge in [0, 0.05) is 12.8 Å². The second-order valence-corrected chi connectivity index (χ2v) is 28.5. The van der Waals surface area contributed by atoms with E-state index in [4.69, 9.17) is 14.2 Å². The van der Waals surface area contributed by atoms with Crippen molar-refractivity contribution in [2.45, 2.75) is 461 Å². The Balaban J connectivity index is 1.88. The van der Waals surface area contributed by atoms with Gasteiger partial charge in [0.2, 0.25) is 5.91 Å². The minimum atomic E-state index is -1.57. The van der Waals surface area contributed by atoms with Gasteiger partial charge in [0.1, 0.15) is 24.4 Å². The number of nitrogens with one attached hydrogen (secondary N) is 1. The second kappa shape index (κ2) is 70.5. The van der Waals surface area contributed by atoms with E-state index in [2.05, 4.69) is 31.3 Å². The lowest BCUT2D eigenvalue weighted by Gasteiger charge is -2.40. The fourth-order valence-corrected chi connectivity index (χ4v) is 13.2. The Labute approximate surface area is 569 Å². The Kier molecular flexibility index (Phi) is 67.5. The molecule has 1 aliphatic rings. The van der Waals surface area contributed by atoms with Crippen LogP contribution in [0.5, 0.6) is 0 Å². The molecule has 7 atom stereocenters. The molecular formula is C81H155NO10. The first kappa shape index (κ1) is 88.2. The molecule has 92 heavy (non-hydrogen) atoms. The molecule has 0 aromatic heterocycles. The summed E-state index contributed by atoms with van der Waals surface area (Å²) in [5.74, 6) is -0.164. The Morgan fingerprint density at radius 2 is 0.707 bits per heavy atom. The molecule has 0 saturated carbocycles. The number of allylic oxidation sites excluding steroid dienone is 3. The largest absolute Gasteiger partial charge is 0.466 e. The van der Waals surface area contributed by atoms with Crippen molar-refractivity contribution in [1.82, 2.24) is 5.32 Å². The fourth-order valence-electron chi connectivity index (χ4n) is 13.2. The van der Waals surface area contributed by atoms with E-state index in [1.54, 1.807) is 6.08 Å². The van der Waals surface area contributed by atoms with Crippen molar-refractivity contribution in [1.29, 1.82) is 0 Å². The van der Waals surface area contributed by atoms with E-state index < -0.39 is 49.5 Å². The maximum Gasteiger partial charge on any atom is 0.305 e. The smallest absolute Gasteiger partial charge is 0.305 e. The molecule has 0 radical (unpaired) electrons. The molecule has 0 spiro atoms. The number of ether oxygens (including phenoxy) is 3. The van der Waals surface area contributed by atoms with Gasteiger partial charge in [-0.1, -0.05) is 385 Å². The SMILES string of the molecule is CCCCCCCCC/C=C/CC/C=C/C(O)C(COC1OC(CO)C(O)C(O)C1O)NC(=O)CCCCCCCCCCCCCCCCCCCCCCCCCCCCCCCCCCCCCCCCCOC(=O)CCCCCCCCCCCCCC. The molecule has 0 aromatic carbocycles. The van der Waals surface area contributed by atoms with Crippen LogP contribution in [0.2, 0.25) is 0 Å². The Morgan fingerprint density at radius 3 is 1.08 bits per heavy atom. The number of hydrogen-bond acceptors (Lipinski definition) is 10. The van der Waals surface area contributed by atoms with Crippen molar-refractivity contribution < 1.29 is 49.3 Å². The molecule has 11 heteroatoms. The summed E-state index contributed by atoms with van der Waals surface area (Å²) in [5, 5.41) is 54.5. The van der Waals surface area contributed by atoms with Crippen LogP contribution in [0.3, 0.4) is 0 Å². The Bertz CT molecular complexity index is 1580. The summed E-state index contributed by atoms with van der Waals surface area (Å²) in [6.07, 6.45) is 80.9. The number of rotatable bonds is 73. The zero-order valence-corrected chi connectivity index (χ0v) is 60.8. The van der Waals surface area contributed by atoms with Gasteiger partial charge in [0.15, 0.2) is 6.29 Å². The van der Waals surface area contributed by atoms with Crippen LogP contribution >= 0.6 is 0 Å². The lowest BCUT2D eigenvalue weighted by Crippen LogP contribution is -2.60. The topological polar surface area (TPSA) is 175 Å². The van der Waals surface area contributed by atoms with E-state index in [0.717, 1.165) is 51.4 Å². The van der Waals surface area contributed by atoms with Gasteiger partial charge >= 0.3 is 5.97 Å². The van der Waals surface area contributed by atoms with Crippen molar-refractivity contribution >= 4 is 11.9 Å². The van der Waals surface area contributed by atoms with E-state index in [9.17, 15) is 35.1 Å². The third-order valence-corrected chi connectivity index (χ3v) is 19.6. The van der Waals surface area contributed by atoms with Gasteiger partial charge in [-0.2, -0.15) is 0 Å². The number of esters is 1. The zero-order chi connectivity index (χ0) is 66.5. The normalized spacial score (nSPS) is 17.6. The highest BCUT2D eigenvalue weighted by Gasteiger charge is 2.44. The molecule has 1 fully saturated rings. The van der Waals surface area contributed by atoms with Gasteiger partial charge in [0.25, 0.3) is 0 Å². The van der Waals surface area contributed by atoms with Crippen LogP contribution in [0, 0.1) is 0 Å². The molecule has 1 amide bonds. The first-order chi connectivity index (χ1) is 45.2. The van der Waals surface area contributed by atoms with Gasteiger partial charge in [0.05, 0.1) is 32.0 Å². The molecule has 544 valence electrons. The molecule has 1 saturated heterocycles. The summed E-state index contributed by atoms with van der Waals surface area (Å²) in [6.45, 7) is 4.38. The number of aliphatic hydroxyl groups is 5. The molecular weight excluding hydrogens is 1150 g/mol. The maximum absolute atomic E-state index is 13.1. The van der Waals surface area contributed by atoms with Gasteiger partial charge in [-0.15, -0.1) is 0 Å². The quantitative estimate of drug-likeness (QED) is 0.0195. The minimum absolute atomic E-state index is 0.0197. The molecule has 1 rings (SSSR count). The minimum Gasteiger partial charge on any atom is -0.466 e. The van der Waals surface area contributed by atoms with Gasteiger partial charge in [-0.25, -0.2) is 0 Å². The summed E-state index contributed by atoms with van der Waals surface area (Å²) in [7, 11) is 0. The summed E-state index contributed by atoms with van der Waals surface area (Å²) in [5.41, 5.74) is 0. The molecule has 0 aromatic rings. The highest BCUT2D eigenvalue weighted by Crippen LogP contribution is 2.24. The summed E-state index contributed by atoms with van der Waals surface area (Å²) < 4.78 is 16.8. The van der Waals surface area contributed by atoms with Crippen LogP contribution in [0.1, 0.15) is 418 Å². The van der Waals surface area contributed by atoms with E-state index >= 15 is 0 Å². The lowest BCUT2D eigenvalue weighted by atomic mass is 9.99. The first-order valence-electron chi connectivity index (χ1n) is 40.6. The van der Waals surface area contributed by atoms with Crippen molar-refractivity contribution in [3.05, 3.63) is 24.3 Å². The second-order valence-electron chi connectivity index (χ2n) is 28.5. The van der Waals surface area contributed by atoms with E-state index in [-0.39, 0.29) is 18.5 Å². The third kappa shape index (κ3) is 58.3. The molecule has 11 nitrogen and oxygen atoms in total. The molecule has 0 aliphatic carbocycles. The average Bonchev–Trinajstić information content (AvgIpc) is 0.990. The van der Waals surface area contributed by atoms with Crippen LogP contribution in [0.25, 0.3) is 0 Å². The molecule has 7 unspecified atom stereocenters. The van der Waals surface area contributed by atoms with E-state index in [0.29, 0.717) is 19.4 Å². The lowest BCUT2D eigenvalue weighted by molar-refractivity contribution is -0.302. The average molecular weight is 1300 g/mol. The number of aliphatic hydroxyl groups excluding tert-OH is 5. The standard InChI is InChI=1S/C81H155NO10/c1-3-5-7-9-11-13-15-44-47-51-55-59-63-67-74(84)73(72-91-81-80(89)79(88)78(87)75(71-83)92-81)82-76(85)68-64-60-56-52-48-45-42-40-38-36-34-32-30-28-26-24-22-20-18-17-19-21-23-25-27-29-31-33-35-37-39-41-43-46-50-54-58-62-66-70-90-77(86)69-65-61-57-53-49-16-14-12-10-8-6-4-2/h47,51,63,67,73-75,78-81,83-84,87-89H,3-46,48-50,52-62,64-66,68-72H2,1-2H3,(H,82,85)/b51-47+,67-63+. The van der Waals surface area contributed by atoms with Crippen LogP contribution in [-0.4, -0.2) is 100 Å². The fraction of sp³-hybridized carbons (Fsp3) is 0.926. The maximum atomic E-state index is 13.1. The highest BCUT2D eigenvalue weighted by molar-refractivity contribution is 5.76. The summed E-state index contributed by atoms with van der Waals surface area (Å²) >= 11 is 0. The molecule has 6 N–H and O–H groups in total. The third-order valence-electron chi connectivity index (χ3n) is 19.6. The van der Waals surface area contributed by atoms with Gasteiger partial charge < -0.3 is 45.1 Å². The zero-order valence-electron chi connectivity index (χ0n) is 60.8. The molecule has 0 bridgehead atoms. The van der Waals surface area contributed by atoms with Crippen molar-refractivity contribution in [3.63, 3.8) is 0 Å². The number of unbranched alkanes of at least 4 members (excludes halogenated alkanes) is 57. The summed E-state index contributed by atoms with van der Waals surface area (Å²) in [4.78, 5) is 25.1. The molecule has 1 heterocycles. The van der Waals surface area contributed by atoms with Crippen LogP contribution in [-0.2, 0) is 23.8 Å².